The number of pyridine rings is 1. The Morgan fingerprint density at radius 3 is 2.55 bits per heavy atom. The lowest BCUT2D eigenvalue weighted by atomic mass is 10.2. The van der Waals surface area contributed by atoms with Gasteiger partial charge in [0.25, 0.3) is 11.5 Å². The Labute approximate surface area is 166 Å². The molecule has 3 aromatic rings. The van der Waals surface area contributed by atoms with E-state index < -0.39 is 17.2 Å². The Kier molecular flexibility index (Phi) is 5.67. The van der Waals surface area contributed by atoms with Crippen LogP contribution in [0, 0.1) is 0 Å². The second kappa shape index (κ2) is 8.17. The summed E-state index contributed by atoms with van der Waals surface area (Å²) in [4.78, 5) is 41.1. The van der Waals surface area contributed by atoms with Crippen molar-refractivity contribution in [1.29, 1.82) is 0 Å². The quantitative estimate of drug-likeness (QED) is 0.664. The molecule has 0 aliphatic rings. The van der Waals surface area contributed by atoms with Gasteiger partial charge in [-0.2, -0.15) is 0 Å². The summed E-state index contributed by atoms with van der Waals surface area (Å²) in [6, 6.07) is 8.35. The van der Waals surface area contributed by atoms with Crippen LogP contribution in [-0.4, -0.2) is 33.7 Å². The van der Waals surface area contributed by atoms with Gasteiger partial charge in [0.1, 0.15) is 11.3 Å². The Balaban J connectivity index is 1.84. The molecule has 0 saturated carbocycles. The highest BCUT2D eigenvalue weighted by atomic mass is 16.5. The molecule has 0 bridgehead atoms. The third-order valence-corrected chi connectivity index (χ3v) is 4.52. The third-order valence-electron chi connectivity index (χ3n) is 4.52. The highest BCUT2D eigenvalue weighted by Crippen LogP contribution is 2.28. The van der Waals surface area contributed by atoms with Gasteiger partial charge in [-0.05, 0) is 36.8 Å². The van der Waals surface area contributed by atoms with E-state index in [0.29, 0.717) is 18.1 Å². The number of hydrogen-bond donors (Lipinski definition) is 1. The number of amides is 1. The first-order valence-electron chi connectivity index (χ1n) is 9.02. The summed E-state index contributed by atoms with van der Waals surface area (Å²) in [6.07, 6.45) is 0. The molecule has 0 unspecified atom stereocenters. The van der Waals surface area contributed by atoms with Gasteiger partial charge < -0.3 is 14.8 Å². The number of carbonyl (C=O) groups excluding carboxylic acids is 1. The molecular weight excluding hydrogens is 376 g/mol. The number of ether oxygens (including phenoxy) is 2. The van der Waals surface area contributed by atoms with Gasteiger partial charge in [-0.15, -0.1) is 0 Å². The van der Waals surface area contributed by atoms with Crippen molar-refractivity contribution in [2.45, 2.75) is 13.5 Å². The zero-order chi connectivity index (χ0) is 21.1. The van der Waals surface area contributed by atoms with Crippen LogP contribution in [0.25, 0.3) is 11.0 Å². The summed E-state index contributed by atoms with van der Waals surface area (Å²) in [7, 11) is 4.45. The Hall–Kier alpha value is -3.62. The van der Waals surface area contributed by atoms with Crippen molar-refractivity contribution >= 4 is 16.9 Å². The monoisotopic (exact) mass is 398 g/mol. The van der Waals surface area contributed by atoms with Crippen LogP contribution in [-0.2, 0) is 20.6 Å². The van der Waals surface area contributed by atoms with Crippen molar-refractivity contribution < 1.29 is 14.3 Å². The summed E-state index contributed by atoms with van der Waals surface area (Å²) in [5.74, 6) is 0.782. The second-order valence-corrected chi connectivity index (χ2v) is 6.37. The van der Waals surface area contributed by atoms with Crippen LogP contribution in [0.2, 0.25) is 0 Å². The van der Waals surface area contributed by atoms with Gasteiger partial charge in [0.15, 0.2) is 11.5 Å². The first kappa shape index (κ1) is 20.1. The van der Waals surface area contributed by atoms with Crippen LogP contribution in [0.3, 0.4) is 0 Å². The number of benzene rings is 1. The van der Waals surface area contributed by atoms with E-state index in [9.17, 15) is 14.4 Å². The number of aryl methyl sites for hydroxylation is 1. The number of fused-ring (bicyclic) bond motifs is 1. The predicted molar refractivity (Wildman–Crippen MR) is 108 cm³/mol. The molecule has 0 saturated heterocycles. The maximum absolute atomic E-state index is 12.5. The lowest BCUT2D eigenvalue weighted by Gasteiger charge is -2.12. The van der Waals surface area contributed by atoms with E-state index >= 15 is 0 Å². The minimum atomic E-state index is -0.506. The Morgan fingerprint density at radius 2 is 1.86 bits per heavy atom. The molecular formula is C20H22N4O5. The molecule has 1 N–H and O–H groups in total. The maximum atomic E-state index is 12.5. The molecule has 2 aromatic heterocycles. The van der Waals surface area contributed by atoms with Gasteiger partial charge >= 0.3 is 5.69 Å². The van der Waals surface area contributed by atoms with E-state index in [1.807, 2.05) is 13.0 Å². The van der Waals surface area contributed by atoms with Gasteiger partial charge in [0, 0.05) is 20.6 Å². The summed E-state index contributed by atoms with van der Waals surface area (Å²) < 4.78 is 13.0. The van der Waals surface area contributed by atoms with Crippen molar-refractivity contribution in [3.05, 3.63) is 62.4 Å². The molecule has 0 aliphatic carbocycles. The summed E-state index contributed by atoms with van der Waals surface area (Å²) in [5, 5.41) is 3.04. The molecule has 3 rings (SSSR count). The normalized spacial score (nSPS) is 10.8. The lowest BCUT2D eigenvalue weighted by molar-refractivity contribution is 0.0946. The molecule has 152 valence electrons. The van der Waals surface area contributed by atoms with Gasteiger partial charge in [-0.3, -0.25) is 18.7 Å². The van der Waals surface area contributed by atoms with Crippen LogP contribution in [0.1, 0.15) is 23.0 Å². The molecule has 0 fully saturated rings. The fourth-order valence-electron chi connectivity index (χ4n) is 2.95. The van der Waals surface area contributed by atoms with E-state index in [1.165, 1.54) is 30.8 Å². The average molecular weight is 398 g/mol. The standard InChI is InChI=1S/C20H22N4O5/c1-5-29-15-9-6-12(10-16(15)28-4)11-21-18(25)14-8-7-13-17(22-14)23(2)20(27)24(3)19(13)26/h6-10H,5,11H2,1-4H3,(H,21,25). The molecule has 0 atom stereocenters. The van der Waals surface area contributed by atoms with Gasteiger partial charge in [-0.25, -0.2) is 9.78 Å². The smallest absolute Gasteiger partial charge is 0.332 e. The van der Waals surface area contributed by atoms with Gasteiger partial charge in [0.05, 0.1) is 19.1 Å². The van der Waals surface area contributed by atoms with Crippen LogP contribution < -0.4 is 26.0 Å². The molecule has 9 nitrogen and oxygen atoms in total. The number of rotatable bonds is 6. The molecule has 9 heteroatoms. The van der Waals surface area contributed by atoms with Crippen LogP contribution >= 0.6 is 0 Å². The fourth-order valence-corrected chi connectivity index (χ4v) is 2.95. The Bertz CT molecular complexity index is 1200. The number of hydrogen-bond acceptors (Lipinski definition) is 6. The minimum absolute atomic E-state index is 0.110. The highest BCUT2D eigenvalue weighted by Gasteiger charge is 2.14. The van der Waals surface area contributed by atoms with Crippen molar-refractivity contribution in [2.24, 2.45) is 14.1 Å². The number of nitrogens with zero attached hydrogens (tertiary/aromatic N) is 3. The van der Waals surface area contributed by atoms with E-state index in [0.717, 1.165) is 10.1 Å². The van der Waals surface area contributed by atoms with Gasteiger partial charge in [0.2, 0.25) is 0 Å². The lowest BCUT2D eigenvalue weighted by Crippen LogP contribution is -2.37. The number of carbonyl (C=O) groups is 1. The van der Waals surface area contributed by atoms with E-state index in [4.69, 9.17) is 9.47 Å². The predicted octanol–water partition coefficient (Wildman–Crippen LogP) is 0.969. The molecule has 1 aromatic carbocycles. The van der Waals surface area contributed by atoms with Gasteiger partial charge in [-0.1, -0.05) is 6.07 Å². The molecule has 0 radical (unpaired) electrons. The maximum Gasteiger partial charge on any atom is 0.332 e. The number of methoxy groups -OCH3 is 1. The highest BCUT2D eigenvalue weighted by molar-refractivity contribution is 5.94. The molecule has 2 heterocycles. The van der Waals surface area contributed by atoms with E-state index in [-0.39, 0.29) is 23.3 Å². The Morgan fingerprint density at radius 1 is 1.10 bits per heavy atom. The largest absolute Gasteiger partial charge is 0.493 e. The first-order chi connectivity index (χ1) is 13.9. The molecule has 0 spiro atoms. The first-order valence-corrected chi connectivity index (χ1v) is 9.02. The van der Waals surface area contributed by atoms with Crippen molar-refractivity contribution in [3.63, 3.8) is 0 Å². The SMILES string of the molecule is CCOc1ccc(CNC(=O)c2ccc3c(=O)n(C)c(=O)n(C)c3n2)cc1OC. The van der Waals surface area contributed by atoms with Crippen LogP contribution in [0.5, 0.6) is 11.5 Å². The van der Waals surface area contributed by atoms with Crippen LogP contribution in [0.4, 0.5) is 0 Å². The number of nitrogens with one attached hydrogen (secondary N) is 1. The molecule has 0 aliphatic heterocycles. The van der Waals surface area contributed by atoms with Crippen molar-refractivity contribution in [2.75, 3.05) is 13.7 Å². The third kappa shape index (κ3) is 3.84. The fraction of sp³-hybridized carbons (Fsp3) is 0.300. The zero-order valence-electron chi connectivity index (χ0n) is 16.7. The summed E-state index contributed by atoms with van der Waals surface area (Å²) in [6.45, 7) is 2.65. The average Bonchev–Trinajstić information content (AvgIpc) is 2.74. The van der Waals surface area contributed by atoms with Crippen molar-refractivity contribution in [3.8, 4) is 11.5 Å². The van der Waals surface area contributed by atoms with E-state index in [2.05, 4.69) is 10.3 Å². The van der Waals surface area contributed by atoms with Crippen LogP contribution in [0.15, 0.2) is 39.9 Å². The number of aromatic nitrogens is 3. The zero-order valence-corrected chi connectivity index (χ0v) is 16.7. The molecule has 1 amide bonds. The summed E-state index contributed by atoms with van der Waals surface area (Å²) >= 11 is 0. The topological polar surface area (TPSA) is 104 Å². The summed E-state index contributed by atoms with van der Waals surface area (Å²) in [5.41, 5.74) is 0.130. The minimum Gasteiger partial charge on any atom is -0.493 e. The molecule has 29 heavy (non-hydrogen) atoms. The van der Waals surface area contributed by atoms with E-state index in [1.54, 1.807) is 19.2 Å². The second-order valence-electron chi connectivity index (χ2n) is 6.37. The van der Waals surface area contributed by atoms with Crippen molar-refractivity contribution in [1.82, 2.24) is 19.4 Å².